The molecular weight excluding hydrogens is 227 g/mol. The Bertz CT molecular complexity index is 708. The number of benzene rings is 2. The van der Waals surface area contributed by atoms with Crippen molar-refractivity contribution in [3.63, 3.8) is 0 Å². The predicted octanol–water partition coefficient (Wildman–Crippen LogP) is 3.62. The normalized spacial score (nSPS) is 10.7. The van der Waals surface area contributed by atoms with Gasteiger partial charge in [0.15, 0.2) is 0 Å². The van der Waals surface area contributed by atoms with Crippen molar-refractivity contribution in [3.8, 4) is 11.3 Å². The molecule has 0 saturated carbocycles. The van der Waals surface area contributed by atoms with Crippen molar-refractivity contribution in [1.82, 2.24) is 4.98 Å². The maximum Gasteiger partial charge on any atom is 0.125 e. The molecule has 0 atom stereocenters. The first-order chi connectivity index (χ1) is 8.74. The standard InChI is InChI=1S/C15H11FN2/c16-12-7-6-11-8-13(17)15(18-14(11)9-12)10-4-2-1-3-5-10/h1-9H,17H2. The Morgan fingerprint density at radius 2 is 1.72 bits per heavy atom. The summed E-state index contributed by atoms with van der Waals surface area (Å²) in [4.78, 5) is 4.44. The molecule has 1 heterocycles. The summed E-state index contributed by atoms with van der Waals surface area (Å²) in [5.41, 5.74) is 8.83. The molecule has 88 valence electrons. The van der Waals surface area contributed by atoms with Crippen molar-refractivity contribution in [2.75, 3.05) is 5.73 Å². The van der Waals surface area contributed by atoms with Gasteiger partial charge >= 0.3 is 0 Å². The zero-order valence-corrected chi connectivity index (χ0v) is 9.60. The number of halogens is 1. The van der Waals surface area contributed by atoms with E-state index < -0.39 is 0 Å². The van der Waals surface area contributed by atoms with Crippen molar-refractivity contribution in [2.45, 2.75) is 0 Å². The van der Waals surface area contributed by atoms with Crippen LogP contribution in [0.3, 0.4) is 0 Å². The highest BCUT2D eigenvalue weighted by molar-refractivity contribution is 5.88. The fourth-order valence-electron chi connectivity index (χ4n) is 1.98. The molecule has 0 aliphatic heterocycles. The Labute approximate surface area is 104 Å². The highest BCUT2D eigenvalue weighted by atomic mass is 19.1. The van der Waals surface area contributed by atoms with E-state index in [2.05, 4.69) is 4.98 Å². The van der Waals surface area contributed by atoms with Gasteiger partial charge in [-0.3, -0.25) is 0 Å². The van der Waals surface area contributed by atoms with Crippen molar-refractivity contribution < 1.29 is 4.39 Å². The molecule has 0 unspecified atom stereocenters. The van der Waals surface area contributed by atoms with Crippen LogP contribution in [0.25, 0.3) is 22.2 Å². The van der Waals surface area contributed by atoms with Crippen molar-refractivity contribution in [3.05, 3.63) is 60.4 Å². The van der Waals surface area contributed by atoms with E-state index in [0.29, 0.717) is 16.9 Å². The monoisotopic (exact) mass is 238 g/mol. The smallest absolute Gasteiger partial charge is 0.125 e. The molecule has 3 rings (SSSR count). The Kier molecular flexibility index (Phi) is 2.45. The van der Waals surface area contributed by atoms with Crippen LogP contribution in [0.2, 0.25) is 0 Å². The van der Waals surface area contributed by atoms with Crippen LogP contribution in [0.5, 0.6) is 0 Å². The third-order valence-corrected chi connectivity index (χ3v) is 2.86. The minimum absolute atomic E-state index is 0.293. The molecule has 0 aliphatic rings. The van der Waals surface area contributed by atoms with Gasteiger partial charge in [-0.25, -0.2) is 9.37 Å². The second-order valence-electron chi connectivity index (χ2n) is 4.13. The van der Waals surface area contributed by atoms with Gasteiger partial charge in [-0.15, -0.1) is 0 Å². The maximum absolute atomic E-state index is 13.2. The van der Waals surface area contributed by atoms with Crippen LogP contribution in [0.1, 0.15) is 0 Å². The molecule has 3 aromatic rings. The molecule has 0 amide bonds. The SMILES string of the molecule is Nc1cc2ccc(F)cc2nc1-c1ccccc1. The lowest BCUT2D eigenvalue weighted by Crippen LogP contribution is -1.94. The van der Waals surface area contributed by atoms with Crippen LogP contribution in [-0.2, 0) is 0 Å². The molecule has 2 aromatic carbocycles. The van der Waals surface area contributed by atoms with Gasteiger partial charge in [-0.2, -0.15) is 0 Å². The Hall–Kier alpha value is -2.42. The van der Waals surface area contributed by atoms with Gasteiger partial charge in [0.05, 0.1) is 16.9 Å². The first kappa shape index (κ1) is 10.7. The minimum Gasteiger partial charge on any atom is -0.397 e. The molecule has 0 aliphatic carbocycles. The second kappa shape index (κ2) is 4.11. The van der Waals surface area contributed by atoms with Crippen LogP contribution in [0.4, 0.5) is 10.1 Å². The lowest BCUT2D eigenvalue weighted by molar-refractivity contribution is 0.629. The third kappa shape index (κ3) is 1.80. The van der Waals surface area contributed by atoms with Gasteiger partial charge in [0, 0.05) is 17.0 Å². The Morgan fingerprint density at radius 3 is 2.50 bits per heavy atom. The zero-order chi connectivity index (χ0) is 12.5. The van der Waals surface area contributed by atoms with E-state index in [-0.39, 0.29) is 5.82 Å². The summed E-state index contributed by atoms with van der Waals surface area (Å²) in [7, 11) is 0. The van der Waals surface area contributed by atoms with E-state index >= 15 is 0 Å². The largest absolute Gasteiger partial charge is 0.397 e. The average molecular weight is 238 g/mol. The molecule has 3 heteroatoms. The summed E-state index contributed by atoms with van der Waals surface area (Å²) in [6.07, 6.45) is 0. The van der Waals surface area contributed by atoms with E-state index in [0.717, 1.165) is 10.9 Å². The van der Waals surface area contributed by atoms with E-state index in [1.54, 1.807) is 6.07 Å². The third-order valence-electron chi connectivity index (χ3n) is 2.86. The van der Waals surface area contributed by atoms with Crippen molar-refractivity contribution in [2.24, 2.45) is 0 Å². The number of aromatic nitrogens is 1. The van der Waals surface area contributed by atoms with Gasteiger partial charge < -0.3 is 5.73 Å². The van der Waals surface area contributed by atoms with Crippen LogP contribution < -0.4 is 5.73 Å². The van der Waals surface area contributed by atoms with Gasteiger partial charge in [0.2, 0.25) is 0 Å². The lowest BCUT2D eigenvalue weighted by atomic mass is 10.1. The number of hydrogen-bond acceptors (Lipinski definition) is 2. The molecule has 0 fully saturated rings. The Morgan fingerprint density at radius 1 is 0.944 bits per heavy atom. The highest BCUT2D eigenvalue weighted by Crippen LogP contribution is 2.27. The van der Waals surface area contributed by atoms with E-state index in [4.69, 9.17) is 5.73 Å². The highest BCUT2D eigenvalue weighted by Gasteiger charge is 2.07. The first-order valence-corrected chi connectivity index (χ1v) is 5.65. The molecule has 0 radical (unpaired) electrons. The molecule has 0 bridgehead atoms. The topological polar surface area (TPSA) is 38.9 Å². The average Bonchev–Trinajstić information content (AvgIpc) is 2.39. The number of nitrogens with zero attached hydrogens (tertiary/aromatic N) is 1. The fourth-order valence-corrected chi connectivity index (χ4v) is 1.98. The fraction of sp³-hybridized carbons (Fsp3) is 0. The number of nitrogen functional groups attached to an aromatic ring is 1. The summed E-state index contributed by atoms with van der Waals surface area (Å²) in [6, 6.07) is 16.0. The molecule has 1 aromatic heterocycles. The number of anilines is 1. The molecule has 18 heavy (non-hydrogen) atoms. The molecule has 2 N–H and O–H groups in total. The maximum atomic E-state index is 13.2. The lowest BCUT2D eigenvalue weighted by Gasteiger charge is -2.07. The number of nitrogens with two attached hydrogens (primary N) is 1. The van der Waals surface area contributed by atoms with Crippen LogP contribution in [0, 0.1) is 5.82 Å². The molecule has 0 saturated heterocycles. The van der Waals surface area contributed by atoms with Crippen molar-refractivity contribution in [1.29, 1.82) is 0 Å². The zero-order valence-electron chi connectivity index (χ0n) is 9.60. The van der Waals surface area contributed by atoms with Crippen LogP contribution in [0.15, 0.2) is 54.6 Å². The van der Waals surface area contributed by atoms with Gasteiger partial charge in [0.25, 0.3) is 0 Å². The van der Waals surface area contributed by atoms with Gasteiger partial charge in [-0.05, 0) is 18.2 Å². The van der Waals surface area contributed by atoms with Crippen molar-refractivity contribution >= 4 is 16.6 Å². The van der Waals surface area contributed by atoms with E-state index in [9.17, 15) is 4.39 Å². The molecule has 2 nitrogen and oxygen atoms in total. The van der Waals surface area contributed by atoms with Crippen LogP contribution >= 0.6 is 0 Å². The number of fused-ring (bicyclic) bond motifs is 1. The van der Waals surface area contributed by atoms with E-state index in [1.807, 2.05) is 36.4 Å². The number of rotatable bonds is 1. The van der Waals surface area contributed by atoms with Gasteiger partial charge in [0.1, 0.15) is 5.82 Å². The summed E-state index contributed by atoms with van der Waals surface area (Å²) in [6.45, 7) is 0. The Balaban J connectivity index is 2.27. The van der Waals surface area contributed by atoms with E-state index in [1.165, 1.54) is 12.1 Å². The predicted molar refractivity (Wildman–Crippen MR) is 71.5 cm³/mol. The summed E-state index contributed by atoms with van der Waals surface area (Å²) in [5.74, 6) is -0.293. The first-order valence-electron chi connectivity index (χ1n) is 5.65. The summed E-state index contributed by atoms with van der Waals surface area (Å²) < 4.78 is 13.2. The molecular formula is C15H11FN2. The van der Waals surface area contributed by atoms with Gasteiger partial charge in [-0.1, -0.05) is 30.3 Å². The minimum atomic E-state index is -0.293. The van der Waals surface area contributed by atoms with Crippen LogP contribution in [-0.4, -0.2) is 4.98 Å². The number of pyridine rings is 1. The number of hydrogen-bond donors (Lipinski definition) is 1. The second-order valence-corrected chi connectivity index (χ2v) is 4.13. The summed E-state index contributed by atoms with van der Waals surface area (Å²) in [5, 5.41) is 0.841. The summed E-state index contributed by atoms with van der Waals surface area (Å²) >= 11 is 0. The quantitative estimate of drug-likeness (QED) is 0.703. The molecule has 0 spiro atoms.